The van der Waals surface area contributed by atoms with Gasteiger partial charge in [0.2, 0.25) is 0 Å². The molecule has 0 amide bonds. The first-order valence-corrected chi connectivity index (χ1v) is 6.56. The lowest BCUT2D eigenvalue weighted by Crippen LogP contribution is -2.00. The molecule has 0 saturated heterocycles. The van der Waals surface area contributed by atoms with Gasteiger partial charge in [-0.2, -0.15) is 0 Å². The van der Waals surface area contributed by atoms with Gasteiger partial charge in [-0.1, -0.05) is 6.92 Å². The summed E-state index contributed by atoms with van der Waals surface area (Å²) in [5.41, 5.74) is 3.93. The molecule has 100 valence electrons. The smallest absolute Gasteiger partial charge is 0.138 e. The number of rotatable bonds is 2. The van der Waals surface area contributed by atoms with Crippen LogP contribution in [-0.4, -0.2) is 11.7 Å². The lowest BCUT2D eigenvalue weighted by atomic mass is 9.94. The molecular formula is C16H18O3. The van der Waals surface area contributed by atoms with Gasteiger partial charge in [0.05, 0.1) is 0 Å². The molecule has 0 fully saturated rings. The van der Waals surface area contributed by atoms with Crippen molar-refractivity contribution >= 4 is 21.9 Å². The lowest BCUT2D eigenvalue weighted by Gasteiger charge is -2.11. The van der Waals surface area contributed by atoms with Crippen LogP contribution >= 0.6 is 0 Å². The number of furan rings is 2. The minimum atomic E-state index is 0.0214. The molecule has 0 bridgehead atoms. The number of aryl methyl sites for hydroxylation is 3. The standard InChI is InChI=1S/C16H18O3/c1-8(7-17)14-13-6-10(3)18-15(13)11(4)12-5-9(2)19-16(12)14/h5-6,8,17H,7H2,1-4H3. The van der Waals surface area contributed by atoms with Crippen LogP contribution in [0.1, 0.15) is 35.5 Å². The Morgan fingerprint density at radius 3 is 2.21 bits per heavy atom. The third-order valence-electron chi connectivity index (χ3n) is 3.76. The molecule has 2 heterocycles. The summed E-state index contributed by atoms with van der Waals surface area (Å²) in [6, 6.07) is 4.07. The van der Waals surface area contributed by atoms with Gasteiger partial charge in [-0.25, -0.2) is 0 Å². The zero-order valence-electron chi connectivity index (χ0n) is 11.7. The fourth-order valence-electron chi connectivity index (χ4n) is 2.81. The molecule has 1 N–H and O–H groups in total. The number of hydrogen-bond donors (Lipinski definition) is 1. The van der Waals surface area contributed by atoms with Gasteiger partial charge in [0.1, 0.15) is 22.7 Å². The second-order valence-corrected chi connectivity index (χ2v) is 5.32. The van der Waals surface area contributed by atoms with E-state index < -0.39 is 0 Å². The minimum Gasteiger partial charge on any atom is -0.461 e. The largest absolute Gasteiger partial charge is 0.461 e. The van der Waals surface area contributed by atoms with E-state index in [0.717, 1.165) is 44.6 Å². The summed E-state index contributed by atoms with van der Waals surface area (Å²) >= 11 is 0. The normalized spacial score (nSPS) is 13.5. The van der Waals surface area contributed by atoms with Crippen molar-refractivity contribution in [3.63, 3.8) is 0 Å². The minimum absolute atomic E-state index is 0.0214. The maximum atomic E-state index is 9.52. The van der Waals surface area contributed by atoms with Crippen LogP contribution in [0.3, 0.4) is 0 Å². The van der Waals surface area contributed by atoms with Gasteiger partial charge >= 0.3 is 0 Å². The molecule has 0 radical (unpaired) electrons. The number of benzene rings is 1. The first kappa shape index (κ1) is 12.3. The topological polar surface area (TPSA) is 46.5 Å². The van der Waals surface area contributed by atoms with Gasteiger partial charge in [0.15, 0.2) is 0 Å². The van der Waals surface area contributed by atoms with Crippen LogP contribution in [0.2, 0.25) is 0 Å². The van der Waals surface area contributed by atoms with Crippen molar-refractivity contribution in [3.05, 3.63) is 34.8 Å². The molecule has 3 heteroatoms. The number of aliphatic hydroxyl groups is 1. The molecule has 2 aromatic heterocycles. The van der Waals surface area contributed by atoms with E-state index in [1.165, 1.54) is 0 Å². The third kappa shape index (κ3) is 1.69. The number of fused-ring (bicyclic) bond motifs is 2. The van der Waals surface area contributed by atoms with Gasteiger partial charge in [-0.15, -0.1) is 0 Å². The summed E-state index contributed by atoms with van der Waals surface area (Å²) in [5, 5.41) is 11.7. The average Bonchev–Trinajstić information content (AvgIpc) is 2.92. The Hall–Kier alpha value is -1.74. The Morgan fingerprint density at radius 1 is 1.00 bits per heavy atom. The molecule has 1 unspecified atom stereocenters. The highest BCUT2D eigenvalue weighted by Crippen LogP contribution is 2.39. The van der Waals surface area contributed by atoms with Gasteiger partial charge < -0.3 is 13.9 Å². The second kappa shape index (κ2) is 4.14. The molecular weight excluding hydrogens is 240 g/mol. The number of aliphatic hydroxyl groups excluding tert-OH is 1. The molecule has 0 aliphatic heterocycles. The third-order valence-corrected chi connectivity index (χ3v) is 3.76. The van der Waals surface area contributed by atoms with E-state index in [2.05, 4.69) is 6.92 Å². The van der Waals surface area contributed by atoms with E-state index in [1.807, 2.05) is 32.9 Å². The summed E-state index contributed by atoms with van der Waals surface area (Å²) in [5.74, 6) is 1.79. The summed E-state index contributed by atoms with van der Waals surface area (Å²) in [7, 11) is 0. The fraction of sp³-hybridized carbons (Fsp3) is 0.375. The van der Waals surface area contributed by atoms with Crippen molar-refractivity contribution in [1.82, 2.24) is 0 Å². The summed E-state index contributed by atoms with van der Waals surface area (Å²) in [4.78, 5) is 0. The monoisotopic (exact) mass is 258 g/mol. The van der Waals surface area contributed by atoms with Gasteiger partial charge in [0.25, 0.3) is 0 Å². The zero-order valence-corrected chi connectivity index (χ0v) is 11.7. The van der Waals surface area contributed by atoms with Crippen LogP contribution in [-0.2, 0) is 0 Å². The van der Waals surface area contributed by atoms with Gasteiger partial charge in [0, 0.05) is 34.4 Å². The predicted molar refractivity (Wildman–Crippen MR) is 75.7 cm³/mol. The highest BCUT2D eigenvalue weighted by Gasteiger charge is 2.21. The van der Waals surface area contributed by atoms with Crippen molar-refractivity contribution in [2.75, 3.05) is 6.61 Å². The summed E-state index contributed by atoms with van der Waals surface area (Å²) < 4.78 is 11.7. The first-order valence-electron chi connectivity index (χ1n) is 6.56. The maximum absolute atomic E-state index is 9.52. The molecule has 0 spiro atoms. The van der Waals surface area contributed by atoms with Crippen molar-refractivity contribution < 1.29 is 13.9 Å². The first-order chi connectivity index (χ1) is 9.02. The SMILES string of the molecule is Cc1cc2c(C(C)CO)c3oc(C)cc3c(C)c2o1. The lowest BCUT2D eigenvalue weighted by molar-refractivity contribution is 0.273. The molecule has 0 saturated carbocycles. The molecule has 0 aliphatic rings. The van der Waals surface area contributed by atoms with Crippen LogP contribution in [0, 0.1) is 20.8 Å². The van der Waals surface area contributed by atoms with Gasteiger partial charge in [-0.05, 0) is 32.9 Å². The molecule has 1 atom stereocenters. The average molecular weight is 258 g/mol. The Bertz CT molecular complexity index is 704. The fourth-order valence-corrected chi connectivity index (χ4v) is 2.81. The second-order valence-electron chi connectivity index (χ2n) is 5.32. The molecule has 0 aliphatic carbocycles. The van der Waals surface area contributed by atoms with Crippen LogP contribution in [0.25, 0.3) is 21.9 Å². The quantitative estimate of drug-likeness (QED) is 0.749. The maximum Gasteiger partial charge on any atom is 0.138 e. The van der Waals surface area contributed by atoms with Crippen LogP contribution in [0.4, 0.5) is 0 Å². The summed E-state index contributed by atoms with van der Waals surface area (Å²) in [6.45, 7) is 8.04. The van der Waals surface area contributed by atoms with Gasteiger partial charge in [-0.3, -0.25) is 0 Å². The molecule has 1 aromatic carbocycles. The number of hydrogen-bond acceptors (Lipinski definition) is 3. The molecule has 19 heavy (non-hydrogen) atoms. The predicted octanol–water partition coefficient (Wildman–Crippen LogP) is 4.20. The highest BCUT2D eigenvalue weighted by atomic mass is 16.3. The van der Waals surface area contributed by atoms with E-state index in [1.54, 1.807) is 0 Å². The van der Waals surface area contributed by atoms with Crippen LogP contribution in [0.5, 0.6) is 0 Å². The van der Waals surface area contributed by atoms with Crippen LogP contribution in [0.15, 0.2) is 21.0 Å². The molecule has 3 nitrogen and oxygen atoms in total. The Balaban J connectivity index is 2.54. The zero-order chi connectivity index (χ0) is 13.7. The van der Waals surface area contributed by atoms with E-state index in [9.17, 15) is 5.11 Å². The van der Waals surface area contributed by atoms with E-state index in [4.69, 9.17) is 8.83 Å². The molecule has 3 rings (SSSR count). The van der Waals surface area contributed by atoms with E-state index in [0.29, 0.717) is 0 Å². The Kier molecular flexibility index (Phi) is 2.68. The summed E-state index contributed by atoms with van der Waals surface area (Å²) in [6.07, 6.45) is 0. The van der Waals surface area contributed by atoms with Crippen molar-refractivity contribution in [1.29, 1.82) is 0 Å². The van der Waals surface area contributed by atoms with Crippen molar-refractivity contribution in [2.24, 2.45) is 0 Å². The van der Waals surface area contributed by atoms with Crippen LogP contribution < -0.4 is 0 Å². The van der Waals surface area contributed by atoms with E-state index >= 15 is 0 Å². The van der Waals surface area contributed by atoms with E-state index in [-0.39, 0.29) is 12.5 Å². The van der Waals surface area contributed by atoms with Crippen molar-refractivity contribution in [2.45, 2.75) is 33.6 Å². The highest BCUT2D eigenvalue weighted by molar-refractivity contribution is 6.02. The molecule has 3 aromatic rings. The Morgan fingerprint density at radius 2 is 1.58 bits per heavy atom. The Labute approximate surface area is 111 Å². The van der Waals surface area contributed by atoms with Crippen molar-refractivity contribution in [3.8, 4) is 0 Å².